The largest absolute Gasteiger partial charge is 0.497 e. The number of β-lactam (4-membered cyclic amide) rings is 1. The zero-order valence-corrected chi connectivity index (χ0v) is 48.5. The van der Waals surface area contributed by atoms with Crippen molar-refractivity contribution in [1.29, 1.82) is 0 Å². The molecule has 2 atom stereocenters. The minimum absolute atomic E-state index is 0.0290. The molecule has 0 spiro atoms. The smallest absolute Gasteiger partial charge is 0.413 e. The van der Waals surface area contributed by atoms with Gasteiger partial charge in [0, 0.05) is 49.8 Å². The highest BCUT2D eigenvalue weighted by molar-refractivity contribution is 8.00. The fraction of sp³-hybridized carbons (Fsp3) is 0.362. The van der Waals surface area contributed by atoms with E-state index in [-0.39, 0.29) is 52.8 Å². The van der Waals surface area contributed by atoms with Gasteiger partial charge in [-0.1, -0.05) is 101 Å². The minimum atomic E-state index is -1.18. The van der Waals surface area contributed by atoms with Crippen molar-refractivity contribution in [1.82, 2.24) is 24.7 Å². The predicted molar refractivity (Wildman–Crippen MR) is 305 cm³/mol. The monoisotopic (exact) mass is 1160 g/mol. The molecule has 5 heterocycles. The molecule has 2 aliphatic heterocycles. The maximum absolute atomic E-state index is 14.5. The second kappa shape index (κ2) is 26.1. The molecule has 20 nitrogen and oxygen atoms in total. The number of esters is 2. The van der Waals surface area contributed by atoms with E-state index >= 15 is 0 Å². The van der Waals surface area contributed by atoms with Crippen molar-refractivity contribution in [2.45, 2.75) is 103 Å². The van der Waals surface area contributed by atoms with Gasteiger partial charge in [0.15, 0.2) is 29.7 Å². The molecule has 2 N–H and O–H groups in total. The van der Waals surface area contributed by atoms with Crippen molar-refractivity contribution in [2.75, 3.05) is 38.4 Å². The average Bonchev–Trinajstić information content (AvgIpc) is 4.02. The average molecular weight is 1160 g/mol. The Balaban J connectivity index is 1.02. The first-order valence-electron chi connectivity index (χ1n) is 26.0. The molecule has 0 bridgehead atoms. The fourth-order valence-electron chi connectivity index (χ4n) is 8.70. The van der Waals surface area contributed by atoms with E-state index in [2.05, 4.69) is 25.3 Å². The van der Waals surface area contributed by atoms with Crippen LogP contribution < -0.4 is 19.9 Å². The van der Waals surface area contributed by atoms with Gasteiger partial charge in [-0.15, -0.1) is 11.8 Å². The molecular formula is C58H64ClN8O12S2+. The second-order valence-electron chi connectivity index (χ2n) is 20.9. The first-order chi connectivity index (χ1) is 38.7. The van der Waals surface area contributed by atoms with Gasteiger partial charge < -0.3 is 43.3 Å². The van der Waals surface area contributed by atoms with E-state index < -0.39 is 70.4 Å². The van der Waals surface area contributed by atoms with Crippen LogP contribution in [0.1, 0.15) is 82.9 Å². The Labute approximate surface area is 482 Å². The Hall–Kier alpha value is -7.95. The number of ether oxygens (including phenoxy) is 5. The summed E-state index contributed by atoms with van der Waals surface area (Å²) in [5, 5.41) is 8.59. The molecule has 23 heteroatoms. The number of carbonyl (C=O) groups is 6. The molecule has 81 heavy (non-hydrogen) atoms. The standard InChI is InChI=1S/C58H63ClN8O12S2/c1-57(2,3)78-55(72)62-54-61-44(49(59)81-54)45(63-76-32-27-43(68)77-48(37-17-11-9-12-18-37)38-19-13-10-14-20-38)50(69)60-46-51(70)67-47(53(71)75-34-36-22-24-40(74-8)25-23-36)39(35-80-52(46)67)33-66-29-15-21-41-42(66)26-31-65(41)30-16-28-64(7)56(73)79-58(4,5)6/h9-15,17-26,29,31,46,48,52H,16,27-28,30,32-35H2,1-8H3,(H-,60,61,62,69,72)/p+1. The number of aromatic nitrogens is 3. The van der Waals surface area contributed by atoms with Crippen molar-refractivity contribution < 1.29 is 61.9 Å². The highest BCUT2D eigenvalue weighted by atomic mass is 35.5. The van der Waals surface area contributed by atoms with Crippen LogP contribution in [0.3, 0.4) is 0 Å². The zero-order chi connectivity index (χ0) is 58.0. The van der Waals surface area contributed by atoms with E-state index in [1.165, 1.54) is 16.7 Å². The molecular weight excluding hydrogens is 1100 g/mol. The summed E-state index contributed by atoms with van der Waals surface area (Å²) < 4.78 is 32.1. The van der Waals surface area contributed by atoms with Gasteiger partial charge in [-0.2, -0.15) is 4.57 Å². The maximum atomic E-state index is 14.5. The first kappa shape index (κ1) is 59.2. The number of rotatable bonds is 21. The van der Waals surface area contributed by atoms with Crippen molar-refractivity contribution in [3.8, 4) is 5.75 Å². The summed E-state index contributed by atoms with van der Waals surface area (Å²) in [6, 6.07) is 30.2. The van der Waals surface area contributed by atoms with Crippen molar-refractivity contribution in [3.05, 3.63) is 154 Å². The molecule has 4 amide bonds. The third-order valence-corrected chi connectivity index (χ3v) is 15.0. The summed E-state index contributed by atoms with van der Waals surface area (Å²) in [5.74, 6) is -2.00. The van der Waals surface area contributed by atoms with Crippen molar-refractivity contribution >= 4 is 92.5 Å². The Kier molecular flexibility index (Phi) is 19.1. The van der Waals surface area contributed by atoms with Crippen LogP contribution in [0.15, 0.2) is 132 Å². The lowest BCUT2D eigenvalue weighted by Gasteiger charge is -2.49. The van der Waals surface area contributed by atoms with Gasteiger partial charge in [-0.05, 0) is 82.9 Å². The van der Waals surface area contributed by atoms with Crippen LogP contribution in [0.2, 0.25) is 4.34 Å². The number of halogens is 1. The number of thiazole rings is 1. The molecule has 2 unspecified atom stereocenters. The van der Waals surface area contributed by atoms with E-state index in [0.717, 1.165) is 33.5 Å². The molecule has 0 aliphatic carbocycles. The quantitative estimate of drug-likeness (QED) is 0.0130. The van der Waals surface area contributed by atoms with Gasteiger partial charge in [-0.25, -0.2) is 19.4 Å². The van der Waals surface area contributed by atoms with E-state index in [1.807, 2.05) is 117 Å². The van der Waals surface area contributed by atoms with Gasteiger partial charge in [0.25, 0.3) is 11.8 Å². The number of methoxy groups -OCH3 is 1. The molecule has 426 valence electrons. The first-order valence-corrected chi connectivity index (χ1v) is 28.3. The summed E-state index contributed by atoms with van der Waals surface area (Å²) in [7, 11) is 3.26. The zero-order valence-electron chi connectivity index (χ0n) is 46.1. The van der Waals surface area contributed by atoms with Gasteiger partial charge in [0.1, 0.15) is 62.8 Å². The molecule has 6 aromatic rings. The number of hydrogen-bond donors (Lipinski definition) is 2. The van der Waals surface area contributed by atoms with Crippen LogP contribution in [-0.4, -0.2) is 117 Å². The number of thioether (sulfide) groups is 1. The molecule has 1 fully saturated rings. The second-order valence-corrected chi connectivity index (χ2v) is 23.6. The summed E-state index contributed by atoms with van der Waals surface area (Å²) in [6.07, 6.45) is 2.30. The normalized spacial score (nSPS) is 15.4. The summed E-state index contributed by atoms with van der Waals surface area (Å²) >= 11 is 8.86. The van der Waals surface area contributed by atoms with Crippen LogP contribution >= 0.6 is 34.7 Å². The van der Waals surface area contributed by atoms with Crippen LogP contribution in [-0.2, 0) is 62.7 Å². The highest BCUT2D eigenvalue weighted by Crippen LogP contribution is 2.41. The highest BCUT2D eigenvalue weighted by Gasteiger charge is 2.55. The number of hydrogen-bond acceptors (Lipinski definition) is 16. The molecule has 8 rings (SSSR count). The SMILES string of the molecule is COc1ccc(COC(=O)C2=C(C[n+]3cccc4c3ccn4CCCN(C)C(=O)OC(C)(C)C)CSC3C(NC(=O)C(=NOCCC(=O)OC(c4ccccc4)c4ccccc4)c4nc(NC(=O)OC(C)(C)C)sc4Cl)C(=O)N23)cc1. The number of nitrogens with zero attached hydrogens (tertiary/aromatic N) is 6. The van der Waals surface area contributed by atoms with Gasteiger partial charge in [0.2, 0.25) is 5.52 Å². The Morgan fingerprint density at radius 1 is 0.901 bits per heavy atom. The van der Waals surface area contributed by atoms with Gasteiger partial charge >= 0.3 is 24.1 Å². The third kappa shape index (κ3) is 15.3. The number of pyridine rings is 1. The molecule has 0 radical (unpaired) electrons. The lowest BCUT2D eigenvalue weighted by atomic mass is 10.0. The molecule has 3 aromatic heterocycles. The van der Waals surface area contributed by atoms with Crippen molar-refractivity contribution in [3.63, 3.8) is 0 Å². The molecule has 0 saturated carbocycles. The molecule has 1 saturated heterocycles. The van der Waals surface area contributed by atoms with E-state index in [1.54, 1.807) is 64.1 Å². The minimum Gasteiger partial charge on any atom is -0.497 e. The van der Waals surface area contributed by atoms with Crippen LogP contribution in [0.5, 0.6) is 5.75 Å². The van der Waals surface area contributed by atoms with E-state index in [4.69, 9.17) is 40.1 Å². The van der Waals surface area contributed by atoms with E-state index in [9.17, 15) is 28.8 Å². The van der Waals surface area contributed by atoms with Crippen molar-refractivity contribution in [2.24, 2.45) is 5.16 Å². The van der Waals surface area contributed by atoms with Crippen LogP contribution in [0.25, 0.3) is 11.0 Å². The number of aryl methyl sites for hydroxylation is 1. The van der Waals surface area contributed by atoms with Crippen LogP contribution in [0, 0.1) is 0 Å². The summed E-state index contributed by atoms with van der Waals surface area (Å²) in [4.78, 5) is 95.1. The van der Waals surface area contributed by atoms with Gasteiger partial charge in [-0.3, -0.25) is 24.6 Å². The summed E-state index contributed by atoms with van der Waals surface area (Å²) in [6.45, 7) is 11.4. The topological polar surface area (TPSA) is 222 Å². The summed E-state index contributed by atoms with van der Waals surface area (Å²) in [5.41, 5.74) is 2.51. The lowest BCUT2D eigenvalue weighted by molar-refractivity contribution is -0.663. The number of carbonyl (C=O) groups excluding carboxylic acids is 6. The van der Waals surface area contributed by atoms with E-state index in [0.29, 0.717) is 36.4 Å². The lowest BCUT2D eigenvalue weighted by Crippen LogP contribution is -2.71. The number of oxime groups is 1. The Morgan fingerprint density at radius 2 is 1.58 bits per heavy atom. The number of nitrogens with one attached hydrogen (secondary N) is 2. The third-order valence-electron chi connectivity index (χ3n) is 12.5. The predicted octanol–water partition coefficient (Wildman–Crippen LogP) is 9.19. The molecule has 3 aromatic carbocycles. The van der Waals surface area contributed by atoms with Crippen LogP contribution in [0.4, 0.5) is 14.7 Å². The molecule has 2 aliphatic rings. The number of fused-ring (bicyclic) bond motifs is 2. The maximum Gasteiger partial charge on any atom is 0.413 e. The number of anilines is 1. The Morgan fingerprint density at radius 3 is 2.23 bits per heavy atom. The Bertz CT molecular complexity index is 3280. The number of amides is 4. The number of benzene rings is 3. The van der Waals surface area contributed by atoms with Gasteiger partial charge in [0.05, 0.1) is 13.5 Å². The fourth-order valence-corrected chi connectivity index (χ4v) is 11.1.